The molecule has 2 N–H and O–H groups in total. The van der Waals surface area contributed by atoms with Crippen LogP contribution >= 0.6 is 0 Å². The van der Waals surface area contributed by atoms with Crippen molar-refractivity contribution >= 4 is 5.78 Å². The average Bonchev–Trinajstić information content (AvgIpc) is 2.63. The van der Waals surface area contributed by atoms with Crippen molar-refractivity contribution in [3.05, 3.63) is 11.9 Å². The minimum absolute atomic E-state index is 0.0649. The Morgan fingerprint density at radius 3 is 3.07 bits per heavy atom. The molecule has 5 heteroatoms. The molecule has 0 radical (unpaired) electrons. The molecule has 1 aromatic heterocycles. The van der Waals surface area contributed by atoms with E-state index in [2.05, 4.69) is 17.2 Å². The summed E-state index contributed by atoms with van der Waals surface area (Å²) in [5.41, 5.74) is 5.80. The number of hydrogen-bond acceptors (Lipinski definition) is 4. The van der Waals surface area contributed by atoms with E-state index in [9.17, 15) is 4.79 Å². The van der Waals surface area contributed by atoms with Crippen LogP contribution in [0.4, 0.5) is 0 Å². The predicted octanol–water partition coefficient (Wildman–Crippen LogP) is 0.610. The van der Waals surface area contributed by atoms with E-state index < -0.39 is 0 Å². The van der Waals surface area contributed by atoms with E-state index in [0.29, 0.717) is 25.2 Å². The molecule has 0 bridgehead atoms. The molecule has 0 unspecified atom stereocenters. The first kappa shape index (κ1) is 10.8. The summed E-state index contributed by atoms with van der Waals surface area (Å²) in [7, 11) is 0. The van der Waals surface area contributed by atoms with Crippen LogP contribution in [0.1, 0.15) is 36.7 Å². The monoisotopic (exact) mass is 196 g/mol. The van der Waals surface area contributed by atoms with Gasteiger partial charge in [-0.3, -0.25) is 9.48 Å². The van der Waals surface area contributed by atoms with Crippen molar-refractivity contribution in [1.29, 1.82) is 0 Å². The maximum atomic E-state index is 11.5. The fourth-order valence-electron chi connectivity index (χ4n) is 1.13. The second kappa shape index (κ2) is 5.49. The van der Waals surface area contributed by atoms with E-state index in [1.165, 1.54) is 0 Å². The summed E-state index contributed by atoms with van der Waals surface area (Å²) in [6.45, 7) is 3.17. The number of nitrogens with two attached hydrogens (primary N) is 1. The number of aromatic nitrogens is 3. The molecule has 1 rings (SSSR count). The zero-order valence-electron chi connectivity index (χ0n) is 8.44. The van der Waals surface area contributed by atoms with Gasteiger partial charge >= 0.3 is 0 Å². The highest BCUT2D eigenvalue weighted by Crippen LogP contribution is 2.03. The van der Waals surface area contributed by atoms with Gasteiger partial charge in [0.1, 0.15) is 5.69 Å². The number of carbonyl (C=O) groups excluding carboxylic acids is 1. The van der Waals surface area contributed by atoms with Gasteiger partial charge in [-0.05, 0) is 6.42 Å². The second-order valence-electron chi connectivity index (χ2n) is 3.18. The van der Waals surface area contributed by atoms with Crippen molar-refractivity contribution in [1.82, 2.24) is 15.0 Å². The molecule has 0 atom stereocenters. The van der Waals surface area contributed by atoms with E-state index >= 15 is 0 Å². The van der Waals surface area contributed by atoms with E-state index in [0.717, 1.165) is 12.8 Å². The fraction of sp³-hybridized carbons (Fsp3) is 0.667. The average molecular weight is 196 g/mol. The first-order valence-electron chi connectivity index (χ1n) is 4.91. The van der Waals surface area contributed by atoms with E-state index in [1.54, 1.807) is 10.9 Å². The molecule has 0 aliphatic heterocycles. The molecule has 0 saturated heterocycles. The van der Waals surface area contributed by atoms with Crippen LogP contribution in [0.2, 0.25) is 0 Å². The highest BCUT2D eigenvalue weighted by molar-refractivity contribution is 5.93. The van der Waals surface area contributed by atoms with Gasteiger partial charge in [0.05, 0.1) is 12.7 Å². The number of carbonyl (C=O) groups is 1. The highest BCUT2D eigenvalue weighted by atomic mass is 16.1. The summed E-state index contributed by atoms with van der Waals surface area (Å²) in [5, 5.41) is 7.60. The molecule has 0 aliphatic carbocycles. The third kappa shape index (κ3) is 2.92. The standard InChI is InChI=1S/C9H16N4O/c1-2-3-4-9(14)8-7-13(6-5-10)12-11-8/h7H,2-6,10H2,1H3. The molecule has 0 saturated carbocycles. The van der Waals surface area contributed by atoms with Crippen molar-refractivity contribution in [2.45, 2.75) is 32.7 Å². The Balaban J connectivity index is 2.53. The number of hydrogen-bond donors (Lipinski definition) is 1. The van der Waals surface area contributed by atoms with Crippen molar-refractivity contribution < 1.29 is 4.79 Å². The number of rotatable bonds is 6. The summed E-state index contributed by atoms with van der Waals surface area (Å²) >= 11 is 0. The Morgan fingerprint density at radius 2 is 2.43 bits per heavy atom. The van der Waals surface area contributed by atoms with Crippen molar-refractivity contribution in [3.63, 3.8) is 0 Å². The van der Waals surface area contributed by atoms with Gasteiger partial charge in [0.25, 0.3) is 0 Å². The Kier molecular flexibility index (Phi) is 4.25. The molecule has 1 aromatic rings. The van der Waals surface area contributed by atoms with Crippen LogP contribution in [0.5, 0.6) is 0 Å². The van der Waals surface area contributed by atoms with Gasteiger partial charge in [-0.1, -0.05) is 18.6 Å². The Morgan fingerprint density at radius 1 is 1.64 bits per heavy atom. The number of unbranched alkanes of at least 4 members (excludes halogenated alkanes) is 1. The number of ketones is 1. The van der Waals surface area contributed by atoms with Crippen LogP contribution in [0.3, 0.4) is 0 Å². The van der Waals surface area contributed by atoms with Gasteiger partial charge < -0.3 is 5.73 Å². The fourth-order valence-corrected chi connectivity index (χ4v) is 1.13. The molecule has 0 aliphatic rings. The van der Waals surface area contributed by atoms with Gasteiger partial charge in [0.2, 0.25) is 0 Å². The molecule has 0 aromatic carbocycles. The lowest BCUT2D eigenvalue weighted by atomic mass is 10.1. The number of Topliss-reactive ketones (excluding diaryl/α,β-unsaturated/α-hetero) is 1. The molecule has 0 amide bonds. The van der Waals surface area contributed by atoms with Gasteiger partial charge in [0.15, 0.2) is 5.78 Å². The zero-order chi connectivity index (χ0) is 10.4. The largest absolute Gasteiger partial charge is 0.329 e. The third-order valence-corrected chi connectivity index (χ3v) is 1.94. The molecule has 5 nitrogen and oxygen atoms in total. The summed E-state index contributed by atoms with van der Waals surface area (Å²) < 4.78 is 1.60. The lowest BCUT2D eigenvalue weighted by Crippen LogP contribution is -2.10. The molecule has 1 heterocycles. The first-order valence-corrected chi connectivity index (χ1v) is 4.91. The Hall–Kier alpha value is -1.23. The van der Waals surface area contributed by atoms with Crippen molar-refractivity contribution in [2.75, 3.05) is 6.54 Å². The van der Waals surface area contributed by atoms with Crippen molar-refractivity contribution in [3.8, 4) is 0 Å². The van der Waals surface area contributed by atoms with E-state index in [1.807, 2.05) is 0 Å². The SMILES string of the molecule is CCCCC(=O)c1cn(CCN)nn1. The van der Waals surface area contributed by atoms with Crippen LogP contribution in [-0.4, -0.2) is 27.3 Å². The summed E-state index contributed by atoms with van der Waals surface area (Å²) in [6.07, 6.45) is 4.13. The quantitative estimate of drug-likeness (QED) is 0.676. The third-order valence-electron chi connectivity index (χ3n) is 1.94. The summed E-state index contributed by atoms with van der Waals surface area (Å²) in [5.74, 6) is 0.0649. The maximum absolute atomic E-state index is 11.5. The second-order valence-corrected chi connectivity index (χ2v) is 3.18. The molecule has 14 heavy (non-hydrogen) atoms. The first-order chi connectivity index (χ1) is 6.77. The maximum Gasteiger partial charge on any atom is 0.184 e. The van der Waals surface area contributed by atoms with Crippen LogP contribution < -0.4 is 5.73 Å². The number of nitrogens with zero attached hydrogens (tertiary/aromatic N) is 3. The summed E-state index contributed by atoms with van der Waals surface area (Å²) in [6, 6.07) is 0. The topological polar surface area (TPSA) is 73.8 Å². The van der Waals surface area contributed by atoms with Gasteiger partial charge in [-0.25, -0.2) is 0 Å². The lowest BCUT2D eigenvalue weighted by molar-refractivity contribution is 0.0975. The van der Waals surface area contributed by atoms with Gasteiger partial charge in [-0.2, -0.15) is 0 Å². The molecule has 0 spiro atoms. The Bertz CT molecular complexity index is 295. The van der Waals surface area contributed by atoms with Gasteiger partial charge in [0, 0.05) is 13.0 Å². The summed E-state index contributed by atoms with van der Waals surface area (Å²) in [4.78, 5) is 11.5. The van der Waals surface area contributed by atoms with Crippen LogP contribution in [0, 0.1) is 0 Å². The van der Waals surface area contributed by atoms with E-state index in [4.69, 9.17) is 5.73 Å². The van der Waals surface area contributed by atoms with Crippen LogP contribution in [-0.2, 0) is 6.54 Å². The van der Waals surface area contributed by atoms with Gasteiger partial charge in [-0.15, -0.1) is 5.10 Å². The zero-order valence-corrected chi connectivity index (χ0v) is 8.44. The minimum Gasteiger partial charge on any atom is -0.329 e. The molecule has 0 fully saturated rings. The predicted molar refractivity (Wildman–Crippen MR) is 52.9 cm³/mol. The van der Waals surface area contributed by atoms with Crippen LogP contribution in [0.15, 0.2) is 6.20 Å². The lowest BCUT2D eigenvalue weighted by Gasteiger charge is -1.94. The molecular formula is C9H16N4O. The molecule has 78 valence electrons. The highest BCUT2D eigenvalue weighted by Gasteiger charge is 2.09. The normalized spacial score (nSPS) is 10.4. The van der Waals surface area contributed by atoms with Crippen molar-refractivity contribution in [2.24, 2.45) is 5.73 Å². The molecular weight excluding hydrogens is 180 g/mol. The van der Waals surface area contributed by atoms with E-state index in [-0.39, 0.29) is 5.78 Å². The minimum atomic E-state index is 0.0649. The smallest absolute Gasteiger partial charge is 0.184 e. The Labute approximate surface area is 83.3 Å². The van der Waals surface area contributed by atoms with Crippen LogP contribution in [0.25, 0.3) is 0 Å².